The van der Waals surface area contributed by atoms with Crippen molar-refractivity contribution in [1.29, 1.82) is 10.5 Å². The second-order valence-electron chi connectivity index (χ2n) is 6.21. The first kappa shape index (κ1) is 21.4. The van der Waals surface area contributed by atoms with Gasteiger partial charge in [0.25, 0.3) is 0 Å². The highest BCUT2D eigenvalue weighted by atomic mass is 32.2. The molecule has 5 nitrogen and oxygen atoms in total. The topological polar surface area (TPSA) is 92.1 Å². The lowest BCUT2D eigenvalue weighted by atomic mass is 10.1. The SMILES string of the molecule is COc1c(C#N)c(C#N)c(OC)c(Sc2ccccc2N)c1Sc1ccccc1C. The van der Waals surface area contributed by atoms with E-state index in [4.69, 9.17) is 15.2 Å². The van der Waals surface area contributed by atoms with Crippen LogP contribution in [0.2, 0.25) is 0 Å². The first-order chi connectivity index (χ1) is 14.5. The number of ether oxygens (including phenoxy) is 2. The van der Waals surface area contributed by atoms with Crippen molar-refractivity contribution >= 4 is 29.2 Å². The minimum Gasteiger partial charge on any atom is -0.494 e. The van der Waals surface area contributed by atoms with E-state index in [1.165, 1.54) is 37.7 Å². The number of nitrogens with two attached hydrogens (primary N) is 1. The van der Waals surface area contributed by atoms with Gasteiger partial charge >= 0.3 is 0 Å². The Morgan fingerprint density at radius 3 is 1.70 bits per heavy atom. The van der Waals surface area contributed by atoms with E-state index in [0.717, 1.165) is 15.4 Å². The first-order valence-electron chi connectivity index (χ1n) is 8.93. The highest BCUT2D eigenvalue weighted by Gasteiger charge is 2.28. The van der Waals surface area contributed by atoms with E-state index < -0.39 is 0 Å². The average molecular weight is 434 g/mol. The maximum absolute atomic E-state index is 9.78. The van der Waals surface area contributed by atoms with Crippen molar-refractivity contribution in [2.45, 2.75) is 26.5 Å². The Labute approximate surface area is 184 Å². The number of rotatable bonds is 6. The molecule has 0 saturated carbocycles. The van der Waals surface area contributed by atoms with Gasteiger partial charge in [-0.3, -0.25) is 0 Å². The fourth-order valence-corrected chi connectivity index (χ4v) is 5.24. The first-order valence-corrected chi connectivity index (χ1v) is 10.6. The molecule has 0 atom stereocenters. The molecule has 0 heterocycles. The van der Waals surface area contributed by atoms with Crippen LogP contribution in [-0.2, 0) is 0 Å². The van der Waals surface area contributed by atoms with E-state index in [1.54, 1.807) is 0 Å². The molecular weight excluding hydrogens is 414 g/mol. The van der Waals surface area contributed by atoms with E-state index in [1.807, 2.05) is 55.5 Å². The van der Waals surface area contributed by atoms with Crippen molar-refractivity contribution < 1.29 is 9.47 Å². The quantitative estimate of drug-likeness (QED) is 0.503. The number of nitrogen functional groups attached to an aromatic ring is 1. The lowest BCUT2D eigenvalue weighted by molar-refractivity contribution is 0.382. The van der Waals surface area contributed by atoms with Crippen molar-refractivity contribution in [1.82, 2.24) is 0 Å². The van der Waals surface area contributed by atoms with Crippen molar-refractivity contribution in [2.24, 2.45) is 0 Å². The van der Waals surface area contributed by atoms with E-state index >= 15 is 0 Å². The van der Waals surface area contributed by atoms with Crippen molar-refractivity contribution in [3.63, 3.8) is 0 Å². The van der Waals surface area contributed by atoms with Crippen LogP contribution in [0.5, 0.6) is 11.5 Å². The molecule has 0 aromatic heterocycles. The molecule has 0 fully saturated rings. The Hall–Kier alpha value is -3.26. The number of hydrogen-bond donors (Lipinski definition) is 1. The van der Waals surface area contributed by atoms with E-state index in [-0.39, 0.29) is 11.1 Å². The number of benzene rings is 3. The third-order valence-electron chi connectivity index (χ3n) is 4.39. The van der Waals surface area contributed by atoms with E-state index in [9.17, 15) is 10.5 Å². The molecule has 3 aromatic carbocycles. The van der Waals surface area contributed by atoms with Crippen molar-refractivity contribution in [3.05, 3.63) is 65.2 Å². The zero-order chi connectivity index (χ0) is 21.7. The number of nitrogens with zero attached hydrogens (tertiary/aromatic N) is 2. The minimum absolute atomic E-state index is 0.142. The molecule has 3 aromatic rings. The van der Waals surface area contributed by atoms with Gasteiger partial charge in [0.1, 0.15) is 23.3 Å². The summed E-state index contributed by atoms with van der Waals surface area (Å²) in [4.78, 5) is 3.20. The lowest BCUT2D eigenvalue weighted by Crippen LogP contribution is -2.02. The highest BCUT2D eigenvalue weighted by molar-refractivity contribution is 8.02. The monoisotopic (exact) mass is 433 g/mol. The highest BCUT2D eigenvalue weighted by Crippen LogP contribution is 2.52. The molecule has 0 unspecified atom stereocenters. The van der Waals surface area contributed by atoms with E-state index in [0.29, 0.717) is 27.0 Å². The van der Waals surface area contributed by atoms with Gasteiger partial charge in [0.05, 0.1) is 24.0 Å². The molecule has 0 radical (unpaired) electrons. The second-order valence-corrected chi connectivity index (χ2v) is 8.31. The number of nitriles is 2. The van der Waals surface area contributed by atoms with Gasteiger partial charge in [0, 0.05) is 15.5 Å². The number of hydrogen-bond acceptors (Lipinski definition) is 7. The zero-order valence-corrected chi connectivity index (χ0v) is 18.4. The fraction of sp³-hybridized carbons (Fsp3) is 0.130. The molecule has 3 rings (SSSR count). The summed E-state index contributed by atoms with van der Waals surface area (Å²) in [7, 11) is 2.99. The number of aryl methyl sites for hydroxylation is 1. The van der Waals surface area contributed by atoms with Crippen molar-refractivity contribution in [3.8, 4) is 23.6 Å². The number of para-hydroxylation sites is 1. The minimum atomic E-state index is 0.142. The molecular formula is C23H19N3O2S2. The lowest BCUT2D eigenvalue weighted by Gasteiger charge is -2.20. The van der Waals surface area contributed by atoms with Gasteiger partial charge in [0.15, 0.2) is 11.5 Å². The third-order valence-corrected chi connectivity index (χ3v) is 6.98. The third kappa shape index (κ3) is 4.04. The molecule has 0 aliphatic carbocycles. The molecule has 30 heavy (non-hydrogen) atoms. The predicted molar refractivity (Wildman–Crippen MR) is 119 cm³/mol. The average Bonchev–Trinajstić information content (AvgIpc) is 2.76. The van der Waals surface area contributed by atoms with Gasteiger partial charge in [-0.1, -0.05) is 53.9 Å². The van der Waals surface area contributed by atoms with Gasteiger partial charge in [-0.15, -0.1) is 0 Å². The summed E-state index contributed by atoms with van der Waals surface area (Å²) < 4.78 is 11.3. The van der Waals surface area contributed by atoms with Crippen LogP contribution < -0.4 is 15.2 Å². The Morgan fingerprint density at radius 1 is 0.767 bits per heavy atom. The van der Waals surface area contributed by atoms with Gasteiger partial charge in [-0.05, 0) is 30.7 Å². The van der Waals surface area contributed by atoms with Crippen LogP contribution in [0.15, 0.2) is 68.1 Å². The van der Waals surface area contributed by atoms with Crippen LogP contribution in [0, 0.1) is 29.6 Å². The van der Waals surface area contributed by atoms with Gasteiger partial charge < -0.3 is 15.2 Å². The fourth-order valence-electron chi connectivity index (χ4n) is 2.91. The Bertz CT molecular complexity index is 1090. The summed E-state index contributed by atoms with van der Waals surface area (Å²) in [5.41, 5.74) is 8.15. The van der Waals surface area contributed by atoms with Crippen LogP contribution in [-0.4, -0.2) is 14.2 Å². The normalized spacial score (nSPS) is 10.2. The Morgan fingerprint density at radius 2 is 1.23 bits per heavy atom. The molecule has 0 saturated heterocycles. The van der Waals surface area contributed by atoms with Crippen LogP contribution in [0.1, 0.15) is 16.7 Å². The Balaban J connectivity index is 2.34. The van der Waals surface area contributed by atoms with Crippen LogP contribution in [0.4, 0.5) is 5.69 Å². The summed E-state index contributed by atoms with van der Waals surface area (Å²) in [6.07, 6.45) is 0. The van der Waals surface area contributed by atoms with Crippen LogP contribution >= 0.6 is 23.5 Å². The largest absolute Gasteiger partial charge is 0.494 e. The van der Waals surface area contributed by atoms with Gasteiger partial charge in [0.2, 0.25) is 0 Å². The molecule has 0 aliphatic heterocycles. The number of anilines is 1. The maximum Gasteiger partial charge on any atom is 0.153 e. The summed E-state index contributed by atoms with van der Waals surface area (Å²) in [6, 6.07) is 19.6. The van der Waals surface area contributed by atoms with Crippen LogP contribution in [0.3, 0.4) is 0 Å². The molecule has 0 amide bonds. The Kier molecular flexibility index (Phi) is 6.79. The van der Waals surface area contributed by atoms with Crippen molar-refractivity contribution in [2.75, 3.05) is 20.0 Å². The van der Waals surface area contributed by atoms with Gasteiger partial charge in [-0.25, -0.2) is 0 Å². The van der Waals surface area contributed by atoms with Crippen LogP contribution in [0.25, 0.3) is 0 Å². The molecule has 0 spiro atoms. The summed E-state index contributed by atoms with van der Waals surface area (Å²) in [5.74, 6) is 0.680. The maximum atomic E-state index is 9.78. The molecule has 150 valence electrons. The smallest absolute Gasteiger partial charge is 0.153 e. The van der Waals surface area contributed by atoms with E-state index in [2.05, 4.69) is 12.1 Å². The standard InChI is InChI=1S/C23H19N3O2S2/c1-14-8-4-6-10-18(14)29-22-20(27-2)15(12-24)16(13-25)21(28-3)23(22)30-19-11-7-5-9-17(19)26/h4-11H,26H2,1-3H3. The zero-order valence-electron chi connectivity index (χ0n) is 16.7. The molecule has 7 heteroatoms. The molecule has 0 aliphatic rings. The van der Waals surface area contributed by atoms with Gasteiger partial charge in [-0.2, -0.15) is 10.5 Å². The summed E-state index contributed by atoms with van der Waals surface area (Å²) >= 11 is 2.85. The molecule has 0 bridgehead atoms. The number of methoxy groups -OCH3 is 2. The molecule has 2 N–H and O–H groups in total. The predicted octanol–water partition coefficient (Wildman–Crippen LogP) is 5.64. The second kappa shape index (κ2) is 9.49. The summed E-state index contributed by atoms with van der Waals surface area (Å²) in [6.45, 7) is 2.02. The summed E-state index contributed by atoms with van der Waals surface area (Å²) in [5, 5.41) is 19.6.